The second kappa shape index (κ2) is 6.84. The molecule has 0 unspecified atom stereocenters. The van der Waals surface area contributed by atoms with Gasteiger partial charge in [0, 0.05) is 5.69 Å². The van der Waals surface area contributed by atoms with Gasteiger partial charge in [-0.3, -0.25) is 9.59 Å². The van der Waals surface area contributed by atoms with Crippen LogP contribution in [0.4, 0.5) is 10.1 Å². The Kier molecular flexibility index (Phi) is 4.87. The lowest BCUT2D eigenvalue weighted by Gasteiger charge is -2.16. The van der Waals surface area contributed by atoms with Crippen molar-refractivity contribution in [1.82, 2.24) is 0 Å². The molecule has 1 atom stereocenters. The Balaban J connectivity index is 1.77. The third kappa shape index (κ3) is 4.19. The lowest BCUT2D eigenvalue weighted by Crippen LogP contribution is -2.25. The van der Waals surface area contributed by atoms with Crippen molar-refractivity contribution in [3.05, 3.63) is 42.2 Å². The second-order valence-electron chi connectivity index (χ2n) is 4.65. The van der Waals surface area contributed by atoms with Crippen molar-refractivity contribution >= 4 is 17.6 Å². The summed E-state index contributed by atoms with van der Waals surface area (Å²) >= 11 is 0. The van der Waals surface area contributed by atoms with Crippen LogP contribution in [-0.4, -0.2) is 18.5 Å². The first-order valence-electron chi connectivity index (χ1n) is 6.52. The molecule has 5 heteroatoms. The van der Waals surface area contributed by atoms with Gasteiger partial charge in [-0.15, -0.1) is 0 Å². The molecule has 1 aromatic carbocycles. The summed E-state index contributed by atoms with van der Waals surface area (Å²) in [5.41, 5.74) is 0.339. The van der Waals surface area contributed by atoms with Crippen molar-refractivity contribution in [1.29, 1.82) is 0 Å². The molecule has 0 aromatic heterocycles. The van der Waals surface area contributed by atoms with E-state index in [1.54, 1.807) is 6.07 Å². The van der Waals surface area contributed by atoms with Gasteiger partial charge in [0.05, 0.1) is 5.92 Å². The maximum Gasteiger partial charge on any atom is 0.309 e. The van der Waals surface area contributed by atoms with Crippen molar-refractivity contribution in [3.63, 3.8) is 0 Å². The fourth-order valence-electron chi connectivity index (χ4n) is 2.03. The molecule has 106 valence electrons. The van der Waals surface area contributed by atoms with Crippen LogP contribution < -0.4 is 5.32 Å². The molecule has 20 heavy (non-hydrogen) atoms. The van der Waals surface area contributed by atoms with Crippen molar-refractivity contribution < 1.29 is 18.7 Å². The number of hydrogen-bond donors (Lipinski definition) is 1. The molecule has 4 nitrogen and oxygen atoms in total. The molecule has 0 heterocycles. The number of allylic oxidation sites excluding steroid dienone is 2. The number of nitrogens with one attached hydrogen (secondary N) is 1. The summed E-state index contributed by atoms with van der Waals surface area (Å²) in [7, 11) is 0. The van der Waals surface area contributed by atoms with E-state index in [9.17, 15) is 14.0 Å². The Bertz CT molecular complexity index is 528. The molecule has 0 aliphatic heterocycles. The third-order valence-electron chi connectivity index (χ3n) is 3.06. The first kappa shape index (κ1) is 14.2. The van der Waals surface area contributed by atoms with Crippen LogP contribution in [0, 0.1) is 11.7 Å². The average molecular weight is 277 g/mol. The highest BCUT2D eigenvalue weighted by molar-refractivity contribution is 5.92. The van der Waals surface area contributed by atoms with Gasteiger partial charge in [-0.1, -0.05) is 18.2 Å². The summed E-state index contributed by atoms with van der Waals surface area (Å²) in [5.74, 6) is -1.44. The minimum Gasteiger partial charge on any atom is -0.455 e. The Morgan fingerprint density at radius 1 is 1.35 bits per heavy atom. The van der Waals surface area contributed by atoms with Gasteiger partial charge in [0.15, 0.2) is 6.61 Å². The molecule has 2 rings (SSSR count). The standard InChI is InChI=1S/C15H16FNO3/c16-12-7-4-8-13(9-12)17-14(18)10-20-15(19)11-5-2-1-3-6-11/h1-2,4,7-9,11H,3,5-6,10H2,(H,17,18)/t11-/m1/s1. The smallest absolute Gasteiger partial charge is 0.309 e. The van der Waals surface area contributed by atoms with Crippen LogP contribution in [0.5, 0.6) is 0 Å². The predicted octanol–water partition coefficient (Wildman–Crippen LogP) is 2.66. The number of rotatable bonds is 4. The number of anilines is 1. The highest BCUT2D eigenvalue weighted by Crippen LogP contribution is 2.19. The topological polar surface area (TPSA) is 55.4 Å². The Labute approximate surface area is 116 Å². The van der Waals surface area contributed by atoms with Gasteiger partial charge in [0.25, 0.3) is 5.91 Å². The average Bonchev–Trinajstić information content (AvgIpc) is 2.46. The maximum atomic E-state index is 12.9. The lowest BCUT2D eigenvalue weighted by atomic mass is 9.95. The highest BCUT2D eigenvalue weighted by Gasteiger charge is 2.20. The maximum absolute atomic E-state index is 12.9. The van der Waals surface area contributed by atoms with E-state index in [4.69, 9.17) is 4.74 Å². The van der Waals surface area contributed by atoms with E-state index >= 15 is 0 Å². The normalized spacial score (nSPS) is 17.6. The monoisotopic (exact) mass is 277 g/mol. The Morgan fingerprint density at radius 2 is 2.20 bits per heavy atom. The van der Waals surface area contributed by atoms with Gasteiger partial charge in [-0.2, -0.15) is 0 Å². The summed E-state index contributed by atoms with van der Waals surface area (Å²) < 4.78 is 17.9. The molecule has 1 aliphatic rings. The van der Waals surface area contributed by atoms with E-state index in [1.807, 2.05) is 12.2 Å². The molecular formula is C15H16FNO3. The zero-order chi connectivity index (χ0) is 14.4. The van der Waals surface area contributed by atoms with Gasteiger partial charge < -0.3 is 10.1 Å². The van der Waals surface area contributed by atoms with Crippen LogP contribution in [0.1, 0.15) is 19.3 Å². The van der Waals surface area contributed by atoms with Crippen molar-refractivity contribution in [2.75, 3.05) is 11.9 Å². The molecule has 0 saturated carbocycles. The summed E-state index contributed by atoms with van der Waals surface area (Å²) in [5, 5.41) is 2.47. The zero-order valence-corrected chi connectivity index (χ0v) is 11.0. The van der Waals surface area contributed by atoms with Crippen LogP contribution in [0.2, 0.25) is 0 Å². The van der Waals surface area contributed by atoms with Crippen LogP contribution in [0.3, 0.4) is 0 Å². The van der Waals surface area contributed by atoms with Gasteiger partial charge in [0.1, 0.15) is 5.82 Å². The van der Waals surface area contributed by atoms with E-state index in [-0.39, 0.29) is 18.5 Å². The molecule has 1 aliphatic carbocycles. The quantitative estimate of drug-likeness (QED) is 0.680. The van der Waals surface area contributed by atoms with Crippen LogP contribution in [-0.2, 0) is 14.3 Å². The molecule has 0 bridgehead atoms. The largest absolute Gasteiger partial charge is 0.455 e. The SMILES string of the molecule is O=C(COC(=O)[C@@H]1CC=CCC1)Nc1cccc(F)c1. The summed E-state index contributed by atoms with van der Waals surface area (Å²) in [4.78, 5) is 23.3. The van der Waals surface area contributed by atoms with Crippen molar-refractivity contribution in [3.8, 4) is 0 Å². The number of esters is 1. The van der Waals surface area contributed by atoms with Gasteiger partial charge in [0.2, 0.25) is 0 Å². The number of benzene rings is 1. The molecule has 0 spiro atoms. The summed E-state index contributed by atoms with van der Waals surface area (Å²) in [6.45, 7) is -0.352. The molecule has 1 amide bonds. The number of hydrogen-bond acceptors (Lipinski definition) is 3. The summed E-state index contributed by atoms with van der Waals surface area (Å²) in [6.07, 6.45) is 6.24. The van der Waals surface area contributed by atoms with Gasteiger partial charge in [-0.05, 0) is 37.5 Å². The Morgan fingerprint density at radius 3 is 2.90 bits per heavy atom. The second-order valence-corrected chi connectivity index (χ2v) is 4.65. The van der Waals surface area contributed by atoms with E-state index in [0.29, 0.717) is 12.1 Å². The number of halogens is 1. The third-order valence-corrected chi connectivity index (χ3v) is 3.06. The number of amides is 1. The van der Waals surface area contributed by atoms with Crippen LogP contribution in [0.15, 0.2) is 36.4 Å². The fourth-order valence-corrected chi connectivity index (χ4v) is 2.03. The first-order valence-corrected chi connectivity index (χ1v) is 6.52. The molecule has 0 saturated heterocycles. The van der Waals surface area contributed by atoms with E-state index < -0.39 is 11.7 Å². The molecule has 1 N–H and O–H groups in total. The number of ether oxygens (including phenoxy) is 1. The highest BCUT2D eigenvalue weighted by atomic mass is 19.1. The van der Waals surface area contributed by atoms with Crippen molar-refractivity contribution in [2.45, 2.75) is 19.3 Å². The minimum absolute atomic E-state index is 0.165. The van der Waals surface area contributed by atoms with Crippen molar-refractivity contribution in [2.24, 2.45) is 5.92 Å². The van der Waals surface area contributed by atoms with E-state index in [1.165, 1.54) is 18.2 Å². The molecule has 1 aromatic rings. The fraction of sp³-hybridized carbons (Fsp3) is 0.333. The molecular weight excluding hydrogens is 261 g/mol. The van der Waals surface area contributed by atoms with Crippen LogP contribution in [0.25, 0.3) is 0 Å². The van der Waals surface area contributed by atoms with E-state index in [2.05, 4.69) is 5.32 Å². The predicted molar refractivity (Wildman–Crippen MR) is 72.5 cm³/mol. The van der Waals surface area contributed by atoms with Gasteiger partial charge >= 0.3 is 5.97 Å². The minimum atomic E-state index is -0.477. The Hall–Kier alpha value is -2.17. The lowest BCUT2D eigenvalue weighted by molar-refractivity contribution is -0.151. The zero-order valence-electron chi connectivity index (χ0n) is 11.0. The summed E-state index contributed by atoms with van der Waals surface area (Å²) in [6, 6.07) is 5.54. The van der Waals surface area contributed by atoms with Crippen LogP contribution >= 0.6 is 0 Å². The van der Waals surface area contributed by atoms with Gasteiger partial charge in [-0.25, -0.2) is 4.39 Å². The molecule has 0 fully saturated rings. The van der Waals surface area contributed by atoms with E-state index in [0.717, 1.165) is 12.8 Å². The molecule has 0 radical (unpaired) electrons. The number of carbonyl (C=O) groups is 2. The first-order chi connectivity index (χ1) is 9.65. The number of carbonyl (C=O) groups excluding carboxylic acids is 2.